The fourth-order valence-electron chi connectivity index (χ4n) is 4.83. The Morgan fingerprint density at radius 3 is 2.59 bits per heavy atom. The van der Waals surface area contributed by atoms with Gasteiger partial charge in [0.25, 0.3) is 0 Å². The van der Waals surface area contributed by atoms with E-state index in [0.29, 0.717) is 17.9 Å². The van der Waals surface area contributed by atoms with Crippen molar-refractivity contribution in [1.82, 2.24) is 34.3 Å². The van der Waals surface area contributed by atoms with E-state index in [-0.39, 0.29) is 0 Å². The molecular weight excluding hydrogens is 338 g/mol. The zero-order valence-corrected chi connectivity index (χ0v) is 17.2. The molecule has 0 bridgehead atoms. The molecule has 2 aromatic rings. The molecule has 0 N–H and O–H groups in total. The van der Waals surface area contributed by atoms with Crippen molar-refractivity contribution in [3.05, 3.63) is 29.6 Å². The first-order valence-corrected chi connectivity index (χ1v) is 10.3. The molecule has 0 spiro atoms. The lowest BCUT2D eigenvalue weighted by Gasteiger charge is -2.40. The van der Waals surface area contributed by atoms with Crippen molar-refractivity contribution < 1.29 is 0 Å². The molecular formula is C20H33N7. The van der Waals surface area contributed by atoms with E-state index in [9.17, 15) is 0 Å². The molecule has 0 amide bonds. The number of aryl methyl sites for hydroxylation is 1. The number of rotatable bonds is 6. The van der Waals surface area contributed by atoms with Crippen molar-refractivity contribution in [2.45, 2.75) is 50.6 Å². The molecule has 2 aliphatic rings. The van der Waals surface area contributed by atoms with Gasteiger partial charge in [0.15, 0.2) is 0 Å². The van der Waals surface area contributed by atoms with Gasteiger partial charge in [0, 0.05) is 32.8 Å². The summed E-state index contributed by atoms with van der Waals surface area (Å²) in [5, 5.41) is 13.4. The maximum atomic E-state index is 4.50. The summed E-state index contributed by atoms with van der Waals surface area (Å²) in [4.78, 5) is 4.91. The average molecular weight is 372 g/mol. The van der Waals surface area contributed by atoms with E-state index in [0.717, 1.165) is 25.5 Å². The predicted octanol–water partition coefficient (Wildman–Crippen LogP) is 2.33. The van der Waals surface area contributed by atoms with E-state index in [1.165, 1.54) is 43.6 Å². The van der Waals surface area contributed by atoms with Crippen molar-refractivity contribution in [3.63, 3.8) is 0 Å². The Hall–Kier alpha value is -1.73. The second kappa shape index (κ2) is 7.72. The van der Waals surface area contributed by atoms with E-state index in [2.05, 4.69) is 63.9 Å². The van der Waals surface area contributed by atoms with Crippen LogP contribution in [0.4, 0.5) is 0 Å². The summed E-state index contributed by atoms with van der Waals surface area (Å²) in [6.07, 6.45) is 8.30. The van der Waals surface area contributed by atoms with Crippen molar-refractivity contribution >= 4 is 0 Å². The normalized spacial score (nSPS) is 24.5. The Labute approximate surface area is 162 Å². The minimum absolute atomic E-state index is 0.429. The summed E-state index contributed by atoms with van der Waals surface area (Å²) >= 11 is 0. The molecule has 148 valence electrons. The second-order valence-electron chi connectivity index (χ2n) is 8.57. The fraction of sp³-hybridized carbons (Fsp3) is 0.750. The van der Waals surface area contributed by atoms with Crippen LogP contribution in [-0.2, 0) is 20.6 Å². The molecule has 2 atom stereocenters. The van der Waals surface area contributed by atoms with Gasteiger partial charge in [-0.3, -0.25) is 14.5 Å². The van der Waals surface area contributed by atoms with Gasteiger partial charge < -0.3 is 4.57 Å². The van der Waals surface area contributed by atoms with Gasteiger partial charge in [-0.2, -0.15) is 5.10 Å². The second-order valence-corrected chi connectivity index (χ2v) is 8.57. The first-order chi connectivity index (χ1) is 13.0. The third-order valence-electron chi connectivity index (χ3n) is 6.60. The Morgan fingerprint density at radius 1 is 1.11 bits per heavy atom. The predicted molar refractivity (Wildman–Crippen MR) is 105 cm³/mol. The molecule has 2 aromatic heterocycles. The van der Waals surface area contributed by atoms with E-state index in [4.69, 9.17) is 0 Å². The number of hydrogen-bond acceptors (Lipinski definition) is 5. The molecule has 0 radical (unpaired) electrons. The Morgan fingerprint density at radius 2 is 1.93 bits per heavy atom. The largest absolute Gasteiger partial charge is 0.317 e. The fourth-order valence-corrected chi connectivity index (χ4v) is 4.83. The molecule has 2 fully saturated rings. The number of nitrogens with zero attached hydrogens (tertiary/aromatic N) is 7. The SMILES string of the molecule is CN(Cc1nnc(C2CCC2)n1C)C[C@@H]1CCCN(C)[C@H]1c1ccnn1C. The minimum Gasteiger partial charge on any atom is -0.317 e. The van der Waals surface area contributed by atoms with Gasteiger partial charge in [0.1, 0.15) is 11.6 Å². The summed E-state index contributed by atoms with van der Waals surface area (Å²) in [5.74, 6) is 3.49. The van der Waals surface area contributed by atoms with Gasteiger partial charge in [-0.15, -0.1) is 10.2 Å². The average Bonchev–Trinajstić information content (AvgIpc) is 3.14. The van der Waals surface area contributed by atoms with Crippen LogP contribution in [0, 0.1) is 5.92 Å². The maximum Gasteiger partial charge on any atom is 0.146 e. The monoisotopic (exact) mass is 371 g/mol. The highest BCUT2D eigenvalue weighted by Crippen LogP contribution is 2.36. The van der Waals surface area contributed by atoms with Crippen LogP contribution in [0.1, 0.15) is 61.4 Å². The van der Waals surface area contributed by atoms with Crippen molar-refractivity contribution in [1.29, 1.82) is 0 Å². The summed E-state index contributed by atoms with van der Waals surface area (Å²) in [7, 11) is 8.65. The number of piperidine rings is 1. The molecule has 0 aromatic carbocycles. The lowest BCUT2D eigenvalue weighted by molar-refractivity contribution is 0.0864. The molecule has 27 heavy (non-hydrogen) atoms. The highest BCUT2D eigenvalue weighted by atomic mass is 15.3. The van der Waals surface area contributed by atoms with Crippen LogP contribution in [0.3, 0.4) is 0 Å². The molecule has 7 heteroatoms. The molecule has 3 heterocycles. The topological polar surface area (TPSA) is 55.0 Å². The van der Waals surface area contributed by atoms with Gasteiger partial charge in [-0.25, -0.2) is 0 Å². The van der Waals surface area contributed by atoms with E-state index in [1.807, 2.05) is 10.9 Å². The van der Waals surface area contributed by atoms with Crippen LogP contribution in [-0.4, -0.2) is 61.5 Å². The number of likely N-dealkylation sites (tertiary alicyclic amines) is 1. The van der Waals surface area contributed by atoms with Crippen LogP contribution in [0.2, 0.25) is 0 Å². The standard InChI is InChI=1S/C20H33N7/c1-24(14-18-22-23-20(26(18)3)15-7-5-8-15)13-16-9-6-12-25(2)19(16)17-10-11-21-27(17)4/h10-11,15-16,19H,5-9,12-14H2,1-4H3/t16-,19+/m0/s1. The lowest BCUT2D eigenvalue weighted by Crippen LogP contribution is -2.41. The highest BCUT2D eigenvalue weighted by Gasteiger charge is 2.33. The molecule has 4 rings (SSSR count). The van der Waals surface area contributed by atoms with Crippen molar-refractivity contribution in [3.8, 4) is 0 Å². The van der Waals surface area contributed by atoms with Crippen LogP contribution in [0.25, 0.3) is 0 Å². The Balaban J connectivity index is 1.44. The van der Waals surface area contributed by atoms with Gasteiger partial charge in [0.05, 0.1) is 18.3 Å². The van der Waals surface area contributed by atoms with E-state index < -0.39 is 0 Å². The smallest absolute Gasteiger partial charge is 0.146 e. The lowest BCUT2D eigenvalue weighted by atomic mass is 9.85. The highest BCUT2D eigenvalue weighted by molar-refractivity contribution is 5.10. The van der Waals surface area contributed by atoms with Crippen LogP contribution < -0.4 is 0 Å². The van der Waals surface area contributed by atoms with Gasteiger partial charge in [-0.1, -0.05) is 6.42 Å². The zero-order valence-electron chi connectivity index (χ0n) is 17.2. The molecule has 1 aliphatic carbocycles. The zero-order chi connectivity index (χ0) is 19.0. The molecule has 1 aliphatic heterocycles. The van der Waals surface area contributed by atoms with Crippen LogP contribution in [0.5, 0.6) is 0 Å². The van der Waals surface area contributed by atoms with Crippen molar-refractivity contribution in [2.75, 3.05) is 27.2 Å². The number of aromatic nitrogens is 5. The van der Waals surface area contributed by atoms with Crippen LogP contribution >= 0.6 is 0 Å². The first kappa shape index (κ1) is 18.6. The minimum atomic E-state index is 0.429. The van der Waals surface area contributed by atoms with Gasteiger partial charge in [-0.05, 0) is 58.3 Å². The third-order valence-corrected chi connectivity index (χ3v) is 6.60. The van der Waals surface area contributed by atoms with Crippen molar-refractivity contribution in [2.24, 2.45) is 20.0 Å². The Bertz CT molecular complexity index is 760. The molecule has 0 unspecified atom stereocenters. The summed E-state index contributed by atoms with van der Waals surface area (Å²) in [5.41, 5.74) is 1.32. The first-order valence-electron chi connectivity index (χ1n) is 10.3. The number of hydrogen-bond donors (Lipinski definition) is 0. The summed E-state index contributed by atoms with van der Waals surface area (Å²) in [6.45, 7) is 3.07. The Kier molecular flexibility index (Phi) is 5.32. The molecule has 1 saturated carbocycles. The van der Waals surface area contributed by atoms with Crippen LogP contribution in [0.15, 0.2) is 12.3 Å². The van der Waals surface area contributed by atoms with E-state index in [1.54, 1.807) is 0 Å². The quantitative estimate of drug-likeness (QED) is 0.780. The third kappa shape index (κ3) is 3.67. The molecule has 7 nitrogen and oxygen atoms in total. The summed E-state index contributed by atoms with van der Waals surface area (Å²) in [6, 6.07) is 2.60. The maximum absolute atomic E-state index is 4.50. The van der Waals surface area contributed by atoms with Gasteiger partial charge >= 0.3 is 0 Å². The summed E-state index contributed by atoms with van der Waals surface area (Å²) < 4.78 is 4.26. The van der Waals surface area contributed by atoms with E-state index >= 15 is 0 Å². The molecule has 1 saturated heterocycles. The van der Waals surface area contributed by atoms with Gasteiger partial charge in [0.2, 0.25) is 0 Å².